The fraction of sp³-hybridized carbons (Fsp3) is 0.414. The van der Waals surface area contributed by atoms with E-state index >= 15 is 0 Å². The predicted octanol–water partition coefficient (Wildman–Crippen LogP) is 4.11. The molecule has 2 aromatic carbocycles. The average Bonchev–Trinajstić information content (AvgIpc) is 3.65. The Kier molecular flexibility index (Phi) is 8.49. The summed E-state index contributed by atoms with van der Waals surface area (Å²) in [5.74, 6) is -0.676. The molecule has 40 heavy (non-hydrogen) atoms. The molecule has 1 saturated heterocycles. The summed E-state index contributed by atoms with van der Waals surface area (Å²) in [5, 5.41) is 20.7. The van der Waals surface area contributed by atoms with E-state index in [9.17, 15) is 27.9 Å². The molecule has 2 aliphatic rings. The molecule has 212 valence electrons. The first-order chi connectivity index (χ1) is 19.1. The van der Waals surface area contributed by atoms with Crippen LogP contribution in [0.25, 0.3) is 11.1 Å². The molecule has 3 aromatic rings. The van der Waals surface area contributed by atoms with Gasteiger partial charge in [0.15, 0.2) is 0 Å². The van der Waals surface area contributed by atoms with Gasteiger partial charge in [0.2, 0.25) is 0 Å². The van der Waals surface area contributed by atoms with Crippen LogP contribution < -0.4 is 5.32 Å². The minimum atomic E-state index is -4.53. The van der Waals surface area contributed by atoms with E-state index in [0.717, 1.165) is 61.2 Å². The van der Waals surface area contributed by atoms with Crippen molar-refractivity contribution in [1.82, 2.24) is 20.4 Å². The summed E-state index contributed by atoms with van der Waals surface area (Å²) in [6.45, 7) is 1.61. The fourth-order valence-corrected chi connectivity index (χ4v) is 8.34. The van der Waals surface area contributed by atoms with Crippen LogP contribution in [0.15, 0.2) is 60.9 Å². The number of H-pyrrole nitrogens is 1. The van der Waals surface area contributed by atoms with E-state index in [1.54, 1.807) is 6.20 Å². The molecule has 7 nitrogen and oxygen atoms in total. The van der Waals surface area contributed by atoms with Crippen molar-refractivity contribution in [2.24, 2.45) is 0 Å². The zero-order valence-corrected chi connectivity index (χ0v) is 24.0. The van der Waals surface area contributed by atoms with Gasteiger partial charge in [-0.05, 0) is 0 Å². The van der Waals surface area contributed by atoms with Crippen molar-refractivity contribution in [3.05, 3.63) is 77.6 Å². The van der Waals surface area contributed by atoms with Crippen molar-refractivity contribution in [3.63, 3.8) is 0 Å². The molecule has 0 spiro atoms. The molecule has 1 unspecified atom stereocenters. The number of likely N-dealkylation sites (tertiary alicyclic amines) is 1. The average molecular weight is 617 g/mol. The number of aliphatic hydroxyl groups is 1. The van der Waals surface area contributed by atoms with Gasteiger partial charge in [0.25, 0.3) is 0 Å². The van der Waals surface area contributed by atoms with Crippen LogP contribution in [-0.2, 0) is 16.6 Å². The molecule has 0 bridgehead atoms. The molecule has 2 fully saturated rings. The summed E-state index contributed by atoms with van der Waals surface area (Å²) in [6, 6.07) is 12.6. The number of rotatable bonds is 8. The van der Waals surface area contributed by atoms with Gasteiger partial charge in [0.05, 0.1) is 6.20 Å². The summed E-state index contributed by atoms with van der Waals surface area (Å²) in [7, 11) is 0. The van der Waals surface area contributed by atoms with Gasteiger partial charge < -0.3 is 0 Å². The van der Waals surface area contributed by atoms with Crippen molar-refractivity contribution < 1.29 is 27.9 Å². The van der Waals surface area contributed by atoms with Gasteiger partial charge in [-0.1, -0.05) is 0 Å². The van der Waals surface area contributed by atoms with Gasteiger partial charge in [-0.2, -0.15) is 5.10 Å². The number of aromatic amines is 1. The Balaban J connectivity index is 1.06. The maximum absolute atomic E-state index is 12.9. The molecule has 11 heteroatoms. The van der Waals surface area contributed by atoms with Crippen LogP contribution >= 0.6 is 0 Å². The molecule has 2 atom stereocenters. The first-order valence-electron chi connectivity index (χ1n) is 13.4. The summed E-state index contributed by atoms with van der Waals surface area (Å²) in [6.07, 6.45) is 3.14. The molecule has 1 aromatic heterocycles. The van der Waals surface area contributed by atoms with Crippen LogP contribution in [0.1, 0.15) is 53.6 Å². The molecule has 0 radical (unpaired) electrons. The Morgan fingerprint density at radius 2 is 1.85 bits per heavy atom. The number of nitrogens with one attached hydrogen (secondary N) is 2. The third-order valence-corrected chi connectivity index (χ3v) is 10.9. The minimum absolute atomic E-state index is 0.0101. The summed E-state index contributed by atoms with van der Waals surface area (Å²) < 4.78 is 39.0. The van der Waals surface area contributed by atoms with Gasteiger partial charge in [0.1, 0.15) is 0 Å². The van der Waals surface area contributed by atoms with E-state index in [2.05, 4.69) is 20.4 Å². The number of benzene rings is 2. The van der Waals surface area contributed by atoms with Crippen LogP contribution in [0.4, 0.5) is 13.2 Å². The molecular formula is C29H32AsF3N4O3. The van der Waals surface area contributed by atoms with Gasteiger partial charge in [-0.25, -0.2) is 0 Å². The maximum atomic E-state index is 12.9. The van der Waals surface area contributed by atoms with Crippen LogP contribution in [-0.4, -0.2) is 72.1 Å². The van der Waals surface area contributed by atoms with Crippen LogP contribution in [0.2, 0.25) is 4.71 Å². The Bertz CT molecular complexity index is 1320. The number of nitrogens with zero attached hydrogens (tertiary/aromatic N) is 2. The zero-order chi connectivity index (χ0) is 28.3. The Morgan fingerprint density at radius 3 is 2.52 bits per heavy atom. The zero-order valence-electron chi connectivity index (χ0n) is 21.9. The van der Waals surface area contributed by atoms with Crippen molar-refractivity contribution in [2.75, 3.05) is 19.6 Å². The Morgan fingerprint density at radius 1 is 1.10 bits per heavy atom. The second-order valence-electron chi connectivity index (χ2n) is 10.6. The molecule has 3 N–H and O–H groups in total. The van der Waals surface area contributed by atoms with Crippen molar-refractivity contribution in [3.8, 4) is 11.1 Å². The fourth-order valence-electron chi connectivity index (χ4n) is 5.73. The van der Waals surface area contributed by atoms with Crippen molar-refractivity contribution >= 4 is 26.2 Å². The summed E-state index contributed by atoms with van der Waals surface area (Å²) in [5.41, 5.74) is 1.14. The number of carbonyl (C=O) groups is 2. The molecule has 1 saturated carbocycles. The quantitative estimate of drug-likeness (QED) is 0.331. The monoisotopic (exact) mass is 616 g/mol. The van der Waals surface area contributed by atoms with E-state index in [1.165, 1.54) is 12.1 Å². The van der Waals surface area contributed by atoms with Gasteiger partial charge in [0, 0.05) is 6.20 Å². The van der Waals surface area contributed by atoms with E-state index < -0.39 is 39.0 Å². The van der Waals surface area contributed by atoms with Crippen molar-refractivity contribution in [1.29, 1.82) is 0 Å². The Labute approximate surface area is 237 Å². The topological polar surface area (TPSA) is 98.3 Å². The Hall–Kier alpha value is -2.94. The summed E-state index contributed by atoms with van der Waals surface area (Å²) in [4.78, 5) is 27.3. The van der Waals surface area contributed by atoms with Crippen LogP contribution in [0.5, 0.6) is 0 Å². The molecule has 1 amide bonds. The summed E-state index contributed by atoms with van der Waals surface area (Å²) >= 11 is -0.981. The van der Waals surface area contributed by atoms with Gasteiger partial charge in [-0.3, -0.25) is 5.10 Å². The molecule has 1 aliphatic carbocycles. The number of halogens is 3. The SMILES string of the molecule is O=C(CNC(=O)c1cccc(C(F)(F)F)c1)[AsH][C@@H]1CCN(C2CCC(O)(c3ccc(-c4cn[nH]c4)cc3)CC2)C1. The molecule has 1 aliphatic heterocycles. The third kappa shape index (κ3) is 6.67. The first kappa shape index (κ1) is 28.6. The number of hydrogen-bond acceptors (Lipinski definition) is 5. The number of carbonyl (C=O) groups excluding carboxylic acids is 2. The first-order valence-corrected chi connectivity index (χ1v) is 15.7. The number of aromatic nitrogens is 2. The van der Waals surface area contributed by atoms with E-state index in [0.29, 0.717) is 23.6 Å². The normalized spacial score (nSPS) is 24.0. The van der Waals surface area contributed by atoms with E-state index in [4.69, 9.17) is 0 Å². The van der Waals surface area contributed by atoms with E-state index in [1.807, 2.05) is 30.5 Å². The van der Waals surface area contributed by atoms with Crippen molar-refractivity contribution in [2.45, 2.75) is 54.6 Å². The number of alkyl halides is 3. The molecule has 2 heterocycles. The van der Waals surface area contributed by atoms with Crippen LogP contribution in [0, 0.1) is 0 Å². The van der Waals surface area contributed by atoms with Gasteiger partial charge in [-0.15, -0.1) is 0 Å². The third-order valence-electron chi connectivity index (χ3n) is 8.00. The van der Waals surface area contributed by atoms with E-state index in [-0.39, 0.29) is 16.7 Å². The predicted molar refractivity (Wildman–Crippen MR) is 146 cm³/mol. The number of amides is 1. The second kappa shape index (κ2) is 11.9. The molecular weight excluding hydrogens is 584 g/mol. The van der Waals surface area contributed by atoms with Crippen LogP contribution in [0.3, 0.4) is 0 Å². The number of hydrogen-bond donors (Lipinski definition) is 3. The van der Waals surface area contributed by atoms with Gasteiger partial charge >= 0.3 is 215 Å². The molecule has 5 rings (SSSR count). The second-order valence-corrected chi connectivity index (χ2v) is 14.1. The standard InChI is InChI=1S/C29H32AsF3N4O3/c31-29(32,33)23-3-1-2-20(14-23)27(39)34-17-26(38)30-24-10-13-37(18-24)25-8-11-28(40,12-9-25)22-6-4-19(5-7-22)21-15-35-36-16-21/h1-7,14-16,24-25,30,40H,8-13,17-18H2,(H,34,39)(H,35,36)/t24-,25?,28?/m1/s1.